The predicted octanol–water partition coefficient (Wildman–Crippen LogP) is 3.97. The SMILES string of the molecule is Cc1nn(Cc2ccccc2)c(C)c1CNC(=O)COC(=O)/C=C/c1ccc2ccccc2n1. The van der Waals surface area contributed by atoms with Crippen LogP contribution in [0, 0.1) is 13.8 Å². The summed E-state index contributed by atoms with van der Waals surface area (Å²) in [5, 5.41) is 8.42. The molecule has 1 amide bonds. The number of benzene rings is 2. The minimum atomic E-state index is -0.604. The van der Waals surface area contributed by atoms with E-state index in [-0.39, 0.29) is 12.5 Å². The van der Waals surface area contributed by atoms with Crippen LogP contribution in [0.5, 0.6) is 0 Å². The van der Waals surface area contributed by atoms with Gasteiger partial charge in [-0.2, -0.15) is 5.10 Å². The molecule has 0 aliphatic carbocycles. The van der Waals surface area contributed by atoms with Crippen LogP contribution in [0.3, 0.4) is 0 Å². The van der Waals surface area contributed by atoms with Gasteiger partial charge in [0.2, 0.25) is 0 Å². The van der Waals surface area contributed by atoms with Gasteiger partial charge in [0.05, 0.1) is 23.4 Å². The van der Waals surface area contributed by atoms with Crippen molar-refractivity contribution in [2.75, 3.05) is 6.61 Å². The maximum Gasteiger partial charge on any atom is 0.331 e. The van der Waals surface area contributed by atoms with E-state index >= 15 is 0 Å². The predicted molar refractivity (Wildman–Crippen MR) is 131 cm³/mol. The Hall–Kier alpha value is -4.26. The fraction of sp³-hybridized carbons (Fsp3) is 0.185. The van der Waals surface area contributed by atoms with Crippen molar-refractivity contribution in [2.24, 2.45) is 0 Å². The summed E-state index contributed by atoms with van der Waals surface area (Å²) in [6, 6.07) is 21.6. The molecule has 0 aliphatic rings. The van der Waals surface area contributed by atoms with Crippen LogP contribution in [0.4, 0.5) is 0 Å². The van der Waals surface area contributed by atoms with Gasteiger partial charge in [0.1, 0.15) is 0 Å². The second-order valence-corrected chi connectivity index (χ2v) is 7.94. The lowest BCUT2D eigenvalue weighted by molar-refractivity contribution is -0.143. The second kappa shape index (κ2) is 10.6. The summed E-state index contributed by atoms with van der Waals surface area (Å²) < 4.78 is 6.99. The van der Waals surface area contributed by atoms with Gasteiger partial charge in [-0.1, -0.05) is 54.6 Å². The number of hydrogen-bond acceptors (Lipinski definition) is 5. The van der Waals surface area contributed by atoms with Gasteiger partial charge in [0.15, 0.2) is 6.61 Å². The minimum absolute atomic E-state index is 0.319. The van der Waals surface area contributed by atoms with E-state index in [0.29, 0.717) is 18.8 Å². The number of carbonyl (C=O) groups is 2. The summed E-state index contributed by atoms with van der Waals surface area (Å²) in [6.45, 7) is 4.53. The molecule has 0 radical (unpaired) electrons. The van der Waals surface area contributed by atoms with Crippen LogP contribution in [0.25, 0.3) is 17.0 Å². The summed E-state index contributed by atoms with van der Waals surface area (Å²) in [4.78, 5) is 28.7. The normalized spacial score (nSPS) is 11.1. The molecule has 2 aromatic heterocycles. The molecule has 7 heteroatoms. The molecule has 2 aromatic carbocycles. The van der Waals surface area contributed by atoms with Crippen LogP contribution in [-0.2, 0) is 27.4 Å². The van der Waals surface area contributed by atoms with E-state index in [9.17, 15) is 9.59 Å². The maximum absolute atomic E-state index is 12.2. The van der Waals surface area contributed by atoms with Crippen LogP contribution in [0.15, 0.2) is 72.8 Å². The Bertz CT molecular complexity index is 1340. The number of carbonyl (C=O) groups excluding carboxylic acids is 2. The molecule has 0 atom stereocenters. The smallest absolute Gasteiger partial charge is 0.331 e. The standard InChI is InChI=1S/C27H26N4O3/c1-19-24(20(2)31(30-19)17-21-8-4-3-5-9-21)16-28-26(32)18-34-27(33)15-14-23-13-12-22-10-6-7-11-25(22)29-23/h3-15H,16-18H2,1-2H3,(H,28,32)/b15-14+. The number of aryl methyl sites for hydroxylation is 1. The van der Waals surface area contributed by atoms with Crippen molar-refractivity contribution in [3.8, 4) is 0 Å². The highest BCUT2D eigenvalue weighted by Crippen LogP contribution is 2.15. The van der Waals surface area contributed by atoms with Crippen molar-refractivity contribution < 1.29 is 14.3 Å². The Labute approximate surface area is 198 Å². The number of fused-ring (bicyclic) bond motifs is 1. The third kappa shape index (κ3) is 5.75. The first-order chi connectivity index (χ1) is 16.5. The lowest BCUT2D eigenvalue weighted by Crippen LogP contribution is -2.28. The van der Waals surface area contributed by atoms with Crippen LogP contribution in [0.1, 0.15) is 28.2 Å². The van der Waals surface area contributed by atoms with E-state index in [0.717, 1.165) is 33.4 Å². The van der Waals surface area contributed by atoms with E-state index in [2.05, 4.69) is 27.5 Å². The van der Waals surface area contributed by atoms with Crippen LogP contribution in [-0.4, -0.2) is 33.2 Å². The Morgan fingerprint density at radius 2 is 1.76 bits per heavy atom. The highest BCUT2D eigenvalue weighted by Gasteiger charge is 2.13. The fourth-order valence-corrected chi connectivity index (χ4v) is 3.65. The average Bonchev–Trinajstić information content (AvgIpc) is 3.12. The zero-order chi connectivity index (χ0) is 23.9. The van der Waals surface area contributed by atoms with Gasteiger partial charge in [-0.15, -0.1) is 0 Å². The van der Waals surface area contributed by atoms with Crippen molar-refractivity contribution in [1.29, 1.82) is 0 Å². The molecular formula is C27H26N4O3. The molecular weight excluding hydrogens is 428 g/mol. The van der Waals surface area contributed by atoms with Gasteiger partial charge in [-0.25, -0.2) is 9.78 Å². The highest BCUT2D eigenvalue weighted by atomic mass is 16.5. The zero-order valence-corrected chi connectivity index (χ0v) is 19.2. The van der Waals surface area contributed by atoms with Gasteiger partial charge in [-0.05, 0) is 37.6 Å². The molecule has 172 valence electrons. The fourth-order valence-electron chi connectivity index (χ4n) is 3.65. The van der Waals surface area contributed by atoms with Crippen molar-refractivity contribution in [2.45, 2.75) is 26.9 Å². The van der Waals surface area contributed by atoms with Crippen molar-refractivity contribution in [1.82, 2.24) is 20.1 Å². The van der Waals surface area contributed by atoms with Gasteiger partial charge in [0, 0.05) is 29.3 Å². The maximum atomic E-state index is 12.2. The first kappa shape index (κ1) is 22.9. The number of rotatable bonds is 8. The molecule has 4 rings (SSSR count). The van der Waals surface area contributed by atoms with E-state index in [1.54, 1.807) is 6.08 Å². The monoisotopic (exact) mass is 454 g/mol. The van der Waals surface area contributed by atoms with E-state index in [1.165, 1.54) is 6.08 Å². The summed E-state index contributed by atoms with van der Waals surface area (Å²) in [6.07, 6.45) is 2.84. The lowest BCUT2D eigenvalue weighted by Gasteiger charge is -2.07. The molecule has 2 heterocycles. The number of esters is 1. The third-order valence-electron chi connectivity index (χ3n) is 5.52. The molecule has 0 bridgehead atoms. The molecule has 0 saturated heterocycles. The summed E-state index contributed by atoms with van der Waals surface area (Å²) in [5.41, 5.74) is 5.44. The van der Waals surface area contributed by atoms with Gasteiger partial charge < -0.3 is 10.1 Å². The average molecular weight is 455 g/mol. The highest BCUT2D eigenvalue weighted by molar-refractivity contribution is 5.89. The first-order valence-corrected chi connectivity index (χ1v) is 11.0. The topological polar surface area (TPSA) is 86.1 Å². The number of nitrogens with one attached hydrogen (secondary N) is 1. The van der Waals surface area contributed by atoms with Crippen molar-refractivity contribution in [3.05, 3.63) is 101 Å². The number of hydrogen-bond donors (Lipinski definition) is 1. The van der Waals surface area contributed by atoms with E-state index in [1.807, 2.05) is 73.1 Å². The first-order valence-electron chi connectivity index (χ1n) is 11.0. The molecule has 0 spiro atoms. The summed E-state index contributed by atoms with van der Waals surface area (Å²) in [7, 11) is 0. The van der Waals surface area contributed by atoms with E-state index < -0.39 is 5.97 Å². The van der Waals surface area contributed by atoms with E-state index in [4.69, 9.17) is 4.74 Å². The summed E-state index contributed by atoms with van der Waals surface area (Å²) in [5.74, 6) is -0.978. The molecule has 0 fully saturated rings. The number of amides is 1. The Morgan fingerprint density at radius 1 is 1.00 bits per heavy atom. The minimum Gasteiger partial charge on any atom is -0.452 e. The molecule has 34 heavy (non-hydrogen) atoms. The Balaban J connectivity index is 1.27. The zero-order valence-electron chi connectivity index (χ0n) is 19.2. The lowest BCUT2D eigenvalue weighted by atomic mass is 10.2. The molecule has 7 nitrogen and oxygen atoms in total. The number of aromatic nitrogens is 3. The van der Waals surface area contributed by atoms with Crippen molar-refractivity contribution in [3.63, 3.8) is 0 Å². The van der Waals surface area contributed by atoms with Crippen LogP contribution in [0.2, 0.25) is 0 Å². The van der Waals surface area contributed by atoms with Crippen molar-refractivity contribution >= 4 is 28.9 Å². The quantitative estimate of drug-likeness (QED) is 0.322. The summed E-state index contributed by atoms with van der Waals surface area (Å²) >= 11 is 0. The number of ether oxygens (including phenoxy) is 1. The largest absolute Gasteiger partial charge is 0.452 e. The molecule has 1 N–H and O–H groups in total. The van der Waals surface area contributed by atoms with Crippen LogP contribution >= 0.6 is 0 Å². The number of pyridine rings is 1. The molecule has 0 unspecified atom stereocenters. The number of nitrogens with zero attached hydrogens (tertiary/aromatic N) is 3. The second-order valence-electron chi connectivity index (χ2n) is 7.94. The number of para-hydroxylation sites is 1. The van der Waals surface area contributed by atoms with Gasteiger partial charge >= 0.3 is 5.97 Å². The Kier molecular flexibility index (Phi) is 7.13. The molecule has 0 saturated carbocycles. The Morgan fingerprint density at radius 3 is 2.59 bits per heavy atom. The molecule has 4 aromatic rings. The van der Waals surface area contributed by atoms with Gasteiger partial charge in [0.25, 0.3) is 5.91 Å². The molecule has 0 aliphatic heterocycles. The van der Waals surface area contributed by atoms with Crippen LogP contribution < -0.4 is 5.32 Å². The van der Waals surface area contributed by atoms with Gasteiger partial charge in [-0.3, -0.25) is 9.48 Å². The third-order valence-corrected chi connectivity index (χ3v) is 5.52.